The number of nitrogens with one attached hydrogen (secondary N) is 1. The number of carbonyl (C=O) groups is 1. The van der Waals surface area contributed by atoms with Gasteiger partial charge in [-0.2, -0.15) is 0 Å². The van der Waals surface area contributed by atoms with E-state index in [2.05, 4.69) is 4.72 Å². The van der Waals surface area contributed by atoms with Crippen LogP contribution in [0, 0.1) is 11.7 Å². The van der Waals surface area contributed by atoms with Gasteiger partial charge in [-0.3, -0.25) is 4.79 Å². The van der Waals surface area contributed by atoms with Crippen LogP contribution in [0.15, 0.2) is 23.1 Å². The summed E-state index contributed by atoms with van der Waals surface area (Å²) in [6.07, 6.45) is 3.22. The molecule has 102 valence electrons. The number of hydrogen-bond acceptors (Lipinski definition) is 3. The Balaban J connectivity index is 1.94. The topological polar surface area (TPSA) is 63.2 Å². The van der Waals surface area contributed by atoms with Crippen LogP contribution in [0.3, 0.4) is 0 Å². The van der Waals surface area contributed by atoms with Gasteiger partial charge in [0.25, 0.3) is 0 Å². The number of carbonyl (C=O) groups excluding carboxylic acids is 1. The molecule has 0 radical (unpaired) electrons. The molecule has 6 heteroatoms. The molecule has 0 aromatic heterocycles. The molecular weight excluding hydrogens is 269 g/mol. The predicted molar refractivity (Wildman–Crippen MR) is 66.8 cm³/mol. The first kappa shape index (κ1) is 12.7. The van der Waals surface area contributed by atoms with Crippen molar-refractivity contribution in [3.8, 4) is 0 Å². The van der Waals surface area contributed by atoms with Crippen LogP contribution in [0.5, 0.6) is 0 Å². The maximum atomic E-state index is 13.7. The van der Waals surface area contributed by atoms with E-state index in [0.717, 1.165) is 37.8 Å². The van der Waals surface area contributed by atoms with Crippen molar-refractivity contribution in [1.82, 2.24) is 4.72 Å². The van der Waals surface area contributed by atoms with E-state index in [1.165, 1.54) is 6.07 Å². The number of halogens is 1. The lowest BCUT2D eigenvalue weighted by atomic mass is 10.1. The second kappa shape index (κ2) is 4.38. The summed E-state index contributed by atoms with van der Waals surface area (Å²) in [7, 11) is -3.87. The van der Waals surface area contributed by atoms with Gasteiger partial charge in [-0.25, -0.2) is 17.5 Å². The predicted octanol–water partition coefficient (Wildman–Crippen LogP) is 1.86. The molecule has 1 aromatic rings. The van der Waals surface area contributed by atoms with E-state index in [-0.39, 0.29) is 23.3 Å². The second-order valence-corrected chi connectivity index (χ2v) is 6.86. The lowest BCUT2D eigenvalue weighted by Gasteiger charge is -2.08. The normalized spacial score (nSPS) is 19.4. The van der Waals surface area contributed by atoms with E-state index >= 15 is 0 Å². The lowest BCUT2D eigenvalue weighted by molar-refractivity contribution is 0.0967. The number of ketones is 1. The Kier molecular flexibility index (Phi) is 2.94. The minimum absolute atomic E-state index is 0.0163. The Morgan fingerprint density at radius 1 is 1.21 bits per heavy atom. The van der Waals surface area contributed by atoms with Gasteiger partial charge in [-0.1, -0.05) is 0 Å². The Morgan fingerprint density at radius 2 is 1.89 bits per heavy atom. The summed E-state index contributed by atoms with van der Waals surface area (Å²) in [4.78, 5) is 11.5. The van der Waals surface area contributed by atoms with Crippen LogP contribution >= 0.6 is 0 Å². The zero-order valence-electron chi connectivity index (χ0n) is 10.2. The Bertz CT molecular complexity index is 633. The molecule has 0 spiro atoms. The van der Waals surface area contributed by atoms with Gasteiger partial charge >= 0.3 is 0 Å². The van der Waals surface area contributed by atoms with Crippen molar-refractivity contribution < 1.29 is 17.6 Å². The van der Waals surface area contributed by atoms with Crippen molar-refractivity contribution >= 4 is 15.8 Å². The fourth-order valence-electron chi connectivity index (χ4n) is 1.93. The van der Waals surface area contributed by atoms with Crippen LogP contribution in [-0.2, 0) is 10.0 Å². The molecule has 1 N–H and O–H groups in total. The number of benzene rings is 1. The highest BCUT2D eigenvalue weighted by Gasteiger charge is 2.33. The van der Waals surface area contributed by atoms with Gasteiger partial charge in [0, 0.05) is 17.5 Å². The molecule has 2 fully saturated rings. The van der Waals surface area contributed by atoms with Gasteiger partial charge in [0.05, 0.1) is 0 Å². The minimum Gasteiger partial charge on any atom is -0.294 e. The molecule has 2 aliphatic carbocycles. The van der Waals surface area contributed by atoms with Crippen molar-refractivity contribution in [2.45, 2.75) is 36.6 Å². The molecule has 0 saturated heterocycles. The third-order valence-electron chi connectivity index (χ3n) is 3.35. The zero-order valence-corrected chi connectivity index (χ0v) is 11.0. The van der Waals surface area contributed by atoms with Gasteiger partial charge in [0.2, 0.25) is 10.0 Å². The molecule has 0 aliphatic heterocycles. The van der Waals surface area contributed by atoms with Crippen molar-refractivity contribution in [2.24, 2.45) is 5.92 Å². The first-order chi connectivity index (χ1) is 8.97. The van der Waals surface area contributed by atoms with Gasteiger partial charge in [-0.05, 0) is 43.9 Å². The third-order valence-corrected chi connectivity index (χ3v) is 4.89. The fourth-order valence-corrected chi connectivity index (χ4v) is 3.34. The Hall–Kier alpha value is -1.27. The van der Waals surface area contributed by atoms with E-state index in [1.807, 2.05) is 0 Å². The highest BCUT2D eigenvalue weighted by atomic mass is 32.2. The number of sulfonamides is 1. The molecule has 0 atom stereocenters. The van der Waals surface area contributed by atoms with Crippen molar-refractivity contribution in [3.63, 3.8) is 0 Å². The molecular formula is C13H14FNO3S. The average molecular weight is 283 g/mol. The average Bonchev–Trinajstić information content (AvgIpc) is 3.22. The molecule has 2 aliphatic rings. The van der Waals surface area contributed by atoms with Gasteiger partial charge in [-0.15, -0.1) is 0 Å². The van der Waals surface area contributed by atoms with E-state index < -0.39 is 20.7 Å². The highest BCUT2D eigenvalue weighted by molar-refractivity contribution is 7.89. The van der Waals surface area contributed by atoms with Crippen molar-refractivity contribution in [2.75, 3.05) is 0 Å². The highest BCUT2D eigenvalue weighted by Crippen LogP contribution is 2.33. The summed E-state index contributed by atoms with van der Waals surface area (Å²) < 4.78 is 40.1. The zero-order chi connectivity index (χ0) is 13.6. The third kappa shape index (κ3) is 2.69. The van der Waals surface area contributed by atoms with Crippen LogP contribution in [0.25, 0.3) is 0 Å². The standard InChI is InChI=1S/C13H14FNO3S/c14-11-6-3-9(13(16)8-1-2-8)7-12(11)19(17,18)15-10-4-5-10/h3,6-8,10,15H,1-2,4-5H2. The van der Waals surface area contributed by atoms with Crippen LogP contribution < -0.4 is 4.72 Å². The van der Waals surface area contributed by atoms with Crippen LogP contribution in [-0.4, -0.2) is 20.2 Å². The summed E-state index contributed by atoms with van der Waals surface area (Å²) in [6, 6.07) is 3.47. The van der Waals surface area contributed by atoms with Crippen molar-refractivity contribution in [1.29, 1.82) is 0 Å². The number of hydrogen-bond donors (Lipinski definition) is 1. The fraction of sp³-hybridized carbons (Fsp3) is 0.462. The first-order valence-corrected chi connectivity index (χ1v) is 7.82. The van der Waals surface area contributed by atoms with Gasteiger partial charge in [0.1, 0.15) is 10.7 Å². The largest absolute Gasteiger partial charge is 0.294 e. The molecule has 4 nitrogen and oxygen atoms in total. The smallest absolute Gasteiger partial charge is 0.243 e. The quantitative estimate of drug-likeness (QED) is 0.839. The van der Waals surface area contributed by atoms with Crippen molar-refractivity contribution in [3.05, 3.63) is 29.6 Å². The van der Waals surface area contributed by atoms with Crippen LogP contribution in [0.1, 0.15) is 36.0 Å². The minimum atomic E-state index is -3.87. The number of Topliss-reactive ketones (excluding diaryl/α,β-unsaturated/α-hetero) is 1. The number of rotatable bonds is 5. The molecule has 0 unspecified atom stereocenters. The van der Waals surface area contributed by atoms with Gasteiger partial charge < -0.3 is 0 Å². The molecule has 0 amide bonds. The maximum Gasteiger partial charge on any atom is 0.243 e. The summed E-state index contributed by atoms with van der Waals surface area (Å²) in [5, 5.41) is 0. The summed E-state index contributed by atoms with van der Waals surface area (Å²) in [5.41, 5.74) is 0.278. The van der Waals surface area contributed by atoms with Crippen LogP contribution in [0.2, 0.25) is 0 Å². The Morgan fingerprint density at radius 3 is 2.47 bits per heavy atom. The molecule has 19 heavy (non-hydrogen) atoms. The molecule has 3 rings (SSSR count). The molecule has 0 heterocycles. The monoisotopic (exact) mass is 283 g/mol. The van der Waals surface area contributed by atoms with E-state index in [4.69, 9.17) is 0 Å². The molecule has 0 bridgehead atoms. The van der Waals surface area contributed by atoms with E-state index in [1.54, 1.807) is 0 Å². The first-order valence-electron chi connectivity index (χ1n) is 6.33. The van der Waals surface area contributed by atoms with E-state index in [0.29, 0.717) is 0 Å². The second-order valence-electron chi connectivity index (χ2n) is 5.18. The van der Waals surface area contributed by atoms with E-state index in [9.17, 15) is 17.6 Å². The lowest BCUT2D eigenvalue weighted by Crippen LogP contribution is -2.26. The van der Waals surface area contributed by atoms with Crippen LogP contribution in [0.4, 0.5) is 4.39 Å². The molecule has 2 saturated carbocycles. The maximum absolute atomic E-state index is 13.7. The van der Waals surface area contributed by atoms with Gasteiger partial charge in [0.15, 0.2) is 5.78 Å². The summed E-state index contributed by atoms with van der Waals surface area (Å²) >= 11 is 0. The molecule has 1 aromatic carbocycles. The summed E-state index contributed by atoms with van der Waals surface area (Å²) in [6.45, 7) is 0. The Labute approximate surface area is 111 Å². The SMILES string of the molecule is O=C(c1ccc(F)c(S(=O)(=O)NC2CC2)c1)C1CC1. The summed E-state index contributed by atoms with van der Waals surface area (Å²) in [5.74, 6) is -0.930.